The fraction of sp³-hybridized carbons (Fsp3) is 0.800. The minimum atomic E-state index is -0.0239. The predicted molar refractivity (Wildman–Crippen MR) is 86.2 cm³/mol. The first kappa shape index (κ1) is 18.7. The third kappa shape index (κ3) is 5.78. The van der Waals surface area contributed by atoms with E-state index in [1.807, 2.05) is 13.8 Å². The molecule has 1 rings (SSSR count). The number of ketones is 1. The molecule has 3 nitrogen and oxygen atoms in total. The van der Waals surface area contributed by atoms with Crippen LogP contribution in [0.1, 0.15) is 46.5 Å². The van der Waals surface area contributed by atoms with Crippen molar-refractivity contribution in [1.29, 1.82) is 0 Å². The van der Waals surface area contributed by atoms with Gasteiger partial charge in [0.15, 0.2) is 0 Å². The van der Waals surface area contributed by atoms with Crippen LogP contribution in [0.15, 0.2) is 0 Å². The average Bonchev–Trinajstić information content (AvgIpc) is 2.38. The zero-order chi connectivity index (χ0) is 15.1. The summed E-state index contributed by atoms with van der Waals surface area (Å²) in [6.07, 6.45) is 3.36. The van der Waals surface area contributed by atoms with Crippen LogP contribution < -0.4 is 23.0 Å². The second-order valence-electron chi connectivity index (χ2n) is 5.35. The molecule has 0 aromatic heterocycles. The molecule has 0 aromatic rings. The SMILES string of the molecule is CCC#CCC(C)OC1CC(N)C([I-]I)CC1C(C)=O. The number of hydrogen-bond acceptors (Lipinski definition) is 3. The van der Waals surface area contributed by atoms with E-state index in [0.29, 0.717) is 3.92 Å². The van der Waals surface area contributed by atoms with Gasteiger partial charge in [0.2, 0.25) is 0 Å². The summed E-state index contributed by atoms with van der Waals surface area (Å²) < 4.78 is 6.62. The molecule has 1 fully saturated rings. The van der Waals surface area contributed by atoms with Gasteiger partial charge in [-0.25, -0.2) is 0 Å². The maximum atomic E-state index is 11.9. The van der Waals surface area contributed by atoms with E-state index >= 15 is 0 Å². The van der Waals surface area contributed by atoms with E-state index in [4.69, 9.17) is 10.5 Å². The van der Waals surface area contributed by atoms with Crippen molar-refractivity contribution in [2.45, 2.75) is 68.6 Å². The first-order valence-corrected chi connectivity index (χ1v) is 14.6. The average molecular weight is 504 g/mol. The van der Waals surface area contributed by atoms with Crippen LogP contribution in [0.2, 0.25) is 0 Å². The summed E-state index contributed by atoms with van der Waals surface area (Å²) in [6, 6.07) is 0.189. The van der Waals surface area contributed by atoms with E-state index < -0.39 is 0 Å². The van der Waals surface area contributed by atoms with E-state index in [-0.39, 0.29) is 47.2 Å². The standard InChI is InChI=1S/C15H24I2NO2/c1-4-5-6-7-10(2)20-15-9-14(18)13(17-16)8-12(15)11(3)19/h10,12-15H,4,7-9,18H2,1-3H3/q-1. The molecule has 5 atom stereocenters. The Morgan fingerprint density at radius 3 is 2.75 bits per heavy atom. The van der Waals surface area contributed by atoms with Gasteiger partial charge in [-0.05, 0) is 0 Å². The van der Waals surface area contributed by atoms with E-state index in [1.54, 1.807) is 6.92 Å². The number of Topliss-reactive ketones (excluding diaryl/α,β-unsaturated/α-hetero) is 1. The van der Waals surface area contributed by atoms with Crippen molar-refractivity contribution in [3.8, 4) is 11.8 Å². The Kier molecular flexibility index (Phi) is 8.95. The van der Waals surface area contributed by atoms with Crippen LogP contribution in [0.3, 0.4) is 0 Å². The number of hydrogen-bond donors (Lipinski definition) is 1. The van der Waals surface area contributed by atoms with E-state index in [0.717, 1.165) is 25.7 Å². The molecule has 0 radical (unpaired) electrons. The van der Waals surface area contributed by atoms with Gasteiger partial charge in [-0.1, -0.05) is 0 Å². The van der Waals surface area contributed by atoms with Crippen LogP contribution >= 0.6 is 18.6 Å². The topological polar surface area (TPSA) is 52.3 Å². The van der Waals surface area contributed by atoms with Gasteiger partial charge in [0.05, 0.1) is 0 Å². The Hall–Kier alpha value is 0.610. The first-order valence-electron chi connectivity index (χ1n) is 7.11. The van der Waals surface area contributed by atoms with Crippen LogP contribution in [0.25, 0.3) is 0 Å². The fourth-order valence-corrected chi connectivity index (χ4v) is 7.52. The maximum absolute atomic E-state index is 11.9. The van der Waals surface area contributed by atoms with Crippen molar-refractivity contribution in [2.75, 3.05) is 0 Å². The number of rotatable bonds is 5. The number of alkyl halides is 1. The molecule has 5 unspecified atom stereocenters. The Morgan fingerprint density at radius 1 is 1.50 bits per heavy atom. The van der Waals surface area contributed by atoms with Gasteiger partial charge in [0, 0.05) is 0 Å². The summed E-state index contributed by atoms with van der Waals surface area (Å²) >= 11 is 2.53. The number of carbonyl (C=O) groups excluding carboxylic acids is 1. The normalized spacial score (nSPS) is 31.4. The molecule has 0 heterocycles. The minimum absolute atomic E-state index is 0.0239. The van der Waals surface area contributed by atoms with Gasteiger partial charge in [-0.15, -0.1) is 0 Å². The quantitative estimate of drug-likeness (QED) is 0.318. The Labute approximate surface area is 142 Å². The fourth-order valence-electron chi connectivity index (χ4n) is 2.51. The Bertz CT molecular complexity index is 378. The van der Waals surface area contributed by atoms with E-state index in [1.165, 1.54) is 0 Å². The summed E-state index contributed by atoms with van der Waals surface area (Å²) in [7, 11) is 0. The van der Waals surface area contributed by atoms with E-state index in [2.05, 4.69) is 30.5 Å². The van der Waals surface area contributed by atoms with Gasteiger partial charge >= 0.3 is 143 Å². The predicted octanol–water partition coefficient (Wildman–Crippen LogP) is -0.302. The summed E-state index contributed by atoms with van der Waals surface area (Å²) in [5.41, 5.74) is 6.24. The summed E-state index contributed by atoms with van der Waals surface area (Å²) in [5, 5.41) is 0. The zero-order valence-corrected chi connectivity index (χ0v) is 16.7. The number of ether oxygens (including phenoxy) is 1. The van der Waals surface area contributed by atoms with Gasteiger partial charge in [0.1, 0.15) is 0 Å². The molecular weight excluding hydrogens is 480 g/mol. The molecule has 1 aliphatic rings. The molecule has 0 bridgehead atoms. The van der Waals surface area contributed by atoms with Crippen molar-refractivity contribution < 1.29 is 26.8 Å². The van der Waals surface area contributed by atoms with Crippen molar-refractivity contribution >= 4 is 24.4 Å². The third-order valence-corrected chi connectivity index (χ3v) is 9.72. The van der Waals surface area contributed by atoms with Gasteiger partial charge in [-0.2, -0.15) is 0 Å². The molecule has 5 heteroatoms. The van der Waals surface area contributed by atoms with Crippen LogP contribution in [0.4, 0.5) is 0 Å². The van der Waals surface area contributed by atoms with Crippen molar-refractivity contribution in [3.63, 3.8) is 0 Å². The van der Waals surface area contributed by atoms with Crippen molar-refractivity contribution in [1.82, 2.24) is 0 Å². The second-order valence-corrected chi connectivity index (χ2v) is 10.6. The summed E-state index contributed by atoms with van der Waals surface area (Å²) in [6.45, 7) is 5.75. The van der Waals surface area contributed by atoms with Gasteiger partial charge < -0.3 is 0 Å². The molecule has 0 aromatic carbocycles. The summed E-state index contributed by atoms with van der Waals surface area (Å²) in [4.78, 5) is 11.9. The molecule has 0 aliphatic heterocycles. The molecule has 0 saturated heterocycles. The Balaban J connectivity index is 2.63. The van der Waals surface area contributed by atoms with E-state index in [9.17, 15) is 4.79 Å². The third-order valence-electron chi connectivity index (χ3n) is 3.62. The van der Waals surface area contributed by atoms with Gasteiger partial charge in [-0.3, -0.25) is 0 Å². The van der Waals surface area contributed by atoms with Crippen LogP contribution in [-0.2, 0) is 9.53 Å². The van der Waals surface area contributed by atoms with Crippen LogP contribution in [0, 0.1) is 17.8 Å². The van der Waals surface area contributed by atoms with Crippen molar-refractivity contribution in [2.24, 2.45) is 11.7 Å². The summed E-state index contributed by atoms with van der Waals surface area (Å²) in [5.74, 6) is 6.44. The Morgan fingerprint density at radius 2 is 2.20 bits per heavy atom. The molecule has 1 aliphatic carbocycles. The molecular formula is C15H24I2NO2-. The first-order chi connectivity index (χ1) is 9.49. The zero-order valence-electron chi connectivity index (χ0n) is 12.4. The van der Waals surface area contributed by atoms with Crippen LogP contribution in [-0.4, -0.2) is 28.0 Å². The van der Waals surface area contributed by atoms with Crippen LogP contribution in [0.5, 0.6) is 0 Å². The molecule has 0 spiro atoms. The van der Waals surface area contributed by atoms with Gasteiger partial charge in [0.25, 0.3) is 0 Å². The molecule has 2 N–H and O–H groups in total. The van der Waals surface area contributed by atoms with Crippen molar-refractivity contribution in [3.05, 3.63) is 0 Å². The monoisotopic (exact) mass is 504 g/mol. The molecule has 116 valence electrons. The second kappa shape index (κ2) is 9.59. The molecule has 1 saturated carbocycles. The number of carbonyl (C=O) groups is 1. The number of nitrogens with two attached hydrogens (primary N) is 1. The molecule has 20 heavy (non-hydrogen) atoms. The molecule has 0 amide bonds. The number of halogens is 2.